The van der Waals surface area contributed by atoms with Crippen LogP contribution in [-0.2, 0) is 0 Å². The van der Waals surface area contributed by atoms with E-state index < -0.39 is 0 Å². The fourth-order valence-corrected chi connectivity index (χ4v) is 1.30. The first-order chi connectivity index (χ1) is 7.65. The number of nitrogens with zero attached hydrogens (tertiary/aromatic N) is 1. The molecule has 0 atom stereocenters. The highest BCUT2D eigenvalue weighted by Gasteiger charge is 1.99. The molecule has 0 saturated heterocycles. The van der Waals surface area contributed by atoms with Gasteiger partial charge in [0, 0.05) is 12.7 Å². The van der Waals surface area contributed by atoms with Crippen molar-refractivity contribution in [1.82, 2.24) is 0 Å². The molecule has 1 heteroatoms. The average Bonchev–Trinajstić information content (AvgIpc) is 2.33. The Morgan fingerprint density at radius 1 is 1.06 bits per heavy atom. The number of benzene rings is 1. The van der Waals surface area contributed by atoms with Crippen LogP contribution in [0, 0.1) is 13.8 Å². The Kier molecular flexibility index (Phi) is 11.0. The summed E-state index contributed by atoms with van der Waals surface area (Å²) in [6.07, 6.45) is 1.82. The van der Waals surface area contributed by atoms with Crippen molar-refractivity contribution in [3.63, 3.8) is 0 Å². The molecule has 0 heterocycles. The van der Waals surface area contributed by atoms with Gasteiger partial charge in [0.2, 0.25) is 0 Å². The van der Waals surface area contributed by atoms with Crippen molar-refractivity contribution in [2.75, 3.05) is 11.9 Å². The van der Waals surface area contributed by atoms with Crippen molar-refractivity contribution in [2.24, 2.45) is 0 Å². The van der Waals surface area contributed by atoms with Gasteiger partial charge in [-0.3, -0.25) is 0 Å². The first-order valence-corrected chi connectivity index (χ1v) is 6.08. The molecule has 0 aliphatic carbocycles. The molecule has 0 unspecified atom stereocenters. The van der Waals surface area contributed by atoms with Crippen molar-refractivity contribution < 1.29 is 0 Å². The molecule has 0 saturated carbocycles. The Morgan fingerprint density at radius 2 is 1.56 bits per heavy atom. The summed E-state index contributed by atoms with van der Waals surface area (Å²) in [5, 5.41) is 0. The van der Waals surface area contributed by atoms with Crippen LogP contribution in [0.25, 0.3) is 0 Å². The van der Waals surface area contributed by atoms with Gasteiger partial charge in [0.15, 0.2) is 0 Å². The largest absolute Gasteiger partial charge is 0.351 e. The van der Waals surface area contributed by atoms with Gasteiger partial charge in [-0.2, -0.15) is 0 Å². The molecule has 1 rings (SSSR count). The monoisotopic (exact) mass is 221 g/mol. The molecule has 0 radical (unpaired) electrons. The van der Waals surface area contributed by atoms with E-state index >= 15 is 0 Å². The number of hydrogen-bond acceptors (Lipinski definition) is 1. The van der Waals surface area contributed by atoms with E-state index in [9.17, 15) is 0 Å². The van der Waals surface area contributed by atoms with Crippen molar-refractivity contribution in [3.05, 3.63) is 42.1 Å². The molecule has 0 amide bonds. The third kappa shape index (κ3) is 5.59. The fourth-order valence-electron chi connectivity index (χ4n) is 1.30. The smallest absolute Gasteiger partial charge is 0.0433 e. The summed E-state index contributed by atoms with van der Waals surface area (Å²) in [6.45, 7) is 15.9. The minimum atomic E-state index is 1.22. The van der Waals surface area contributed by atoms with Crippen LogP contribution >= 0.6 is 0 Å². The zero-order valence-corrected chi connectivity index (χ0v) is 12.0. The summed E-state index contributed by atoms with van der Waals surface area (Å²) < 4.78 is 0. The SMILES string of the molecule is C=CN(C)c1ccc(C)cc1C.CC.CC. The maximum Gasteiger partial charge on any atom is 0.0433 e. The second-order valence-electron chi connectivity index (χ2n) is 3.08. The molecule has 0 N–H and O–H groups in total. The Bertz CT molecular complexity index is 289. The van der Waals surface area contributed by atoms with Gasteiger partial charge in [-0.15, -0.1) is 0 Å². The number of anilines is 1. The van der Waals surface area contributed by atoms with Crippen LogP contribution < -0.4 is 4.90 Å². The van der Waals surface area contributed by atoms with Crippen LogP contribution in [0.3, 0.4) is 0 Å². The van der Waals surface area contributed by atoms with E-state index in [4.69, 9.17) is 0 Å². The Labute approximate surface area is 102 Å². The van der Waals surface area contributed by atoms with Crippen molar-refractivity contribution >= 4 is 5.69 Å². The summed E-state index contributed by atoms with van der Waals surface area (Å²) in [5.41, 5.74) is 3.81. The molecule has 1 nitrogen and oxygen atoms in total. The topological polar surface area (TPSA) is 3.24 Å². The standard InChI is InChI=1S/C11H15N.2C2H6/c1-5-12(4)11-7-6-9(2)8-10(11)3;2*1-2/h5-8H,1H2,2-4H3;2*1-2H3. The van der Waals surface area contributed by atoms with Crippen LogP contribution in [0.5, 0.6) is 0 Å². The highest BCUT2D eigenvalue weighted by Crippen LogP contribution is 2.19. The van der Waals surface area contributed by atoms with Crippen molar-refractivity contribution in [1.29, 1.82) is 0 Å². The van der Waals surface area contributed by atoms with Gasteiger partial charge >= 0.3 is 0 Å². The van der Waals surface area contributed by atoms with Crippen LogP contribution in [0.15, 0.2) is 31.0 Å². The summed E-state index contributed by atoms with van der Waals surface area (Å²) in [5.74, 6) is 0. The maximum atomic E-state index is 3.73. The number of aryl methyl sites for hydroxylation is 2. The third-order valence-electron chi connectivity index (χ3n) is 2.01. The first kappa shape index (κ1) is 17.2. The molecule has 0 fully saturated rings. The average molecular weight is 221 g/mol. The van der Waals surface area contributed by atoms with Gasteiger partial charge in [0.1, 0.15) is 0 Å². The van der Waals surface area contributed by atoms with E-state index in [0.29, 0.717) is 0 Å². The lowest BCUT2D eigenvalue weighted by atomic mass is 10.1. The first-order valence-electron chi connectivity index (χ1n) is 6.08. The Balaban J connectivity index is 0. The van der Waals surface area contributed by atoms with Crippen molar-refractivity contribution in [3.8, 4) is 0 Å². The maximum absolute atomic E-state index is 3.73. The number of rotatable bonds is 2. The molecule has 1 aromatic carbocycles. The minimum Gasteiger partial charge on any atom is -0.351 e. The molecule has 0 aromatic heterocycles. The van der Waals surface area contributed by atoms with Crippen LogP contribution in [0.2, 0.25) is 0 Å². The van der Waals surface area contributed by atoms with Crippen LogP contribution in [0.1, 0.15) is 38.8 Å². The molecule has 0 aliphatic heterocycles. The molecular weight excluding hydrogens is 194 g/mol. The normalized spacial score (nSPS) is 7.94. The zero-order chi connectivity index (χ0) is 13.1. The molecule has 0 aliphatic rings. The lowest BCUT2D eigenvalue weighted by molar-refractivity contribution is 1.18. The summed E-state index contributed by atoms with van der Waals surface area (Å²) >= 11 is 0. The summed E-state index contributed by atoms with van der Waals surface area (Å²) in [4.78, 5) is 2.02. The molecule has 16 heavy (non-hydrogen) atoms. The van der Waals surface area contributed by atoms with E-state index in [1.807, 2.05) is 45.8 Å². The third-order valence-corrected chi connectivity index (χ3v) is 2.01. The van der Waals surface area contributed by atoms with Gasteiger partial charge in [-0.1, -0.05) is 52.0 Å². The molecular formula is C15H27N. The molecule has 92 valence electrons. The predicted octanol–water partition coefficient (Wildman–Crippen LogP) is 4.94. The Hall–Kier alpha value is -1.24. The van der Waals surface area contributed by atoms with Crippen LogP contribution in [0.4, 0.5) is 5.69 Å². The lowest BCUT2D eigenvalue weighted by Gasteiger charge is -2.16. The second kappa shape index (κ2) is 10.3. The quantitative estimate of drug-likeness (QED) is 0.684. The highest BCUT2D eigenvalue weighted by atomic mass is 15.1. The van der Waals surface area contributed by atoms with Gasteiger partial charge < -0.3 is 4.90 Å². The van der Waals surface area contributed by atoms with Gasteiger partial charge in [0.25, 0.3) is 0 Å². The summed E-state index contributed by atoms with van der Waals surface area (Å²) in [7, 11) is 2.00. The number of hydrogen-bond donors (Lipinski definition) is 0. The Morgan fingerprint density at radius 3 is 1.94 bits per heavy atom. The molecule has 0 bridgehead atoms. The molecule has 0 spiro atoms. The predicted molar refractivity (Wildman–Crippen MR) is 77.2 cm³/mol. The van der Waals surface area contributed by atoms with E-state index in [0.717, 1.165) is 0 Å². The molecule has 1 aromatic rings. The zero-order valence-electron chi connectivity index (χ0n) is 12.0. The van der Waals surface area contributed by atoms with E-state index in [2.05, 4.69) is 38.6 Å². The summed E-state index contributed by atoms with van der Waals surface area (Å²) in [6, 6.07) is 6.41. The lowest BCUT2D eigenvalue weighted by Crippen LogP contribution is -2.08. The minimum absolute atomic E-state index is 1.22. The van der Waals surface area contributed by atoms with Gasteiger partial charge in [0.05, 0.1) is 0 Å². The van der Waals surface area contributed by atoms with Gasteiger partial charge in [-0.25, -0.2) is 0 Å². The van der Waals surface area contributed by atoms with E-state index in [1.165, 1.54) is 16.8 Å². The van der Waals surface area contributed by atoms with Crippen molar-refractivity contribution in [2.45, 2.75) is 41.5 Å². The van der Waals surface area contributed by atoms with E-state index in [1.54, 1.807) is 0 Å². The van der Waals surface area contributed by atoms with Gasteiger partial charge in [-0.05, 0) is 31.7 Å². The van der Waals surface area contributed by atoms with Crippen LogP contribution in [-0.4, -0.2) is 7.05 Å². The van der Waals surface area contributed by atoms with E-state index in [-0.39, 0.29) is 0 Å². The second-order valence-corrected chi connectivity index (χ2v) is 3.08. The highest BCUT2D eigenvalue weighted by molar-refractivity contribution is 5.55. The fraction of sp³-hybridized carbons (Fsp3) is 0.467.